The van der Waals surface area contributed by atoms with Gasteiger partial charge in [0.25, 0.3) is 5.89 Å². The summed E-state index contributed by atoms with van der Waals surface area (Å²) >= 11 is 6.25. The molecule has 0 fully saturated rings. The summed E-state index contributed by atoms with van der Waals surface area (Å²) in [6.45, 7) is 6.57. The minimum Gasteiger partial charge on any atom is -0.493 e. The van der Waals surface area contributed by atoms with Crippen LogP contribution in [0.4, 0.5) is 4.79 Å². The smallest absolute Gasteiger partial charge is 0.322 e. The van der Waals surface area contributed by atoms with E-state index >= 15 is 0 Å². The van der Waals surface area contributed by atoms with E-state index in [0.717, 1.165) is 16.8 Å². The van der Waals surface area contributed by atoms with E-state index in [2.05, 4.69) is 29.3 Å². The molecule has 1 N–H and O–H groups in total. The van der Waals surface area contributed by atoms with Gasteiger partial charge in [0.05, 0.1) is 25.8 Å². The Hall–Kier alpha value is -3.52. The Kier molecular flexibility index (Phi) is 6.79. The van der Waals surface area contributed by atoms with Gasteiger partial charge in [-0.25, -0.2) is 4.79 Å². The summed E-state index contributed by atoms with van der Waals surface area (Å²) in [4.78, 5) is 19.4. The molecule has 178 valence electrons. The molecule has 2 heterocycles. The van der Waals surface area contributed by atoms with Gasteiger partial charge in [-0.15, -0.1) is 0 Å². The molecule has 2 amide bonds. The van der Waals surface area contributed by atoms with E-state index in [4.69, 9.17) is 25.6 Å². The van der Waals surface area contributed by atoms with E-state index in [-0.39, 0.29) is 11.9 Å². The Labute approximate surface area is 203 Å². The van der Waals surface area contributed by atoms with Crippen molar-refractivity contribution in [2.24, 2.45) is 5.92 Å². The van der Waals surface area contributed by atoms with Crippen molar-refractivity contribution in [1.29, 1.82) is 0 Å². The van der Waals surface area contributed by atoms with E-state index < -0.39 is 6.04 Å². The number of amides is 2. The lowest BCUT2D eigenvalue weighted by atomic mass is 9.94. The lowest BCUT2D eigenvalue weighted by molar-refractivity contribution is 0.199. The number of halogens is 1. The standard InChI is InChI=1S/C25H27ClN4O4/c1-14(2)13-30-15(3)21(22(27-25(30)31)16-7-6-8-18(26)11-16)24-28-23(29-34-24)17-9-10-19(32-4)20(12-17)33-5/h6-12,14,22H,13H2,1-5H3,(H,27,31). The van der Waals surface area contributed by atoms with Gasteiger partial charge in [0.1, 0.15) is 0 Å². The van der Waals surface area contributed by atoms with Gasteiger partial charge in [-0.05, 0) is 48.7 Å². The summed E-state index contributed by atoms with van der Waals surface area (Å²) in [5, 5.41) is 7.86. The predicted octanol–water partition coefficient (Wildman–Crippen LogP) is 5.56. The molecule has 9 heteroatoms. The molecule has 1 aliphatic heterocycles. The number of methoxy groups -OCH3 is 2. The second kappa shape index (κ2) is 9.77. The van der Waals surface area contributed by atoms with Gasteiger partial charge < -0.3 is 19.3 Å². The molecule has 0 saturated heterocycles. The van der Waals surface area contributed by atoms with Gasteiger partial charge in [-0.1, -0.05) is 42.7 Å². The molecule has 1 atom stereocenters. The highest BCUT2D eigenvalue weighted by atomic mass is 35.5. The van der Waals surface area contributed by atoms with Gasteiger partial charge in [0, 0.05) is 22.8 Å². The zero-order chi connectivity index (χ0) is 24.4. The quantitative estimate of drug-likeness (QED) is 0.474. The number of carbonyl (C=O) groups excluding carboxylic acids is 1. The highest BCUT2D eigenvalue weighted by Gasteiger charge is 2.36. The molecule has 1 aliphatic rings. The first-order valence-electron chi connectivity index (χ1n) is 10.9. The van der Waals surface area contributed by atoms with Crippen LogP contribution < -0.4 is 14.8 Å². The fraction of sp³-hybridized carbons (Fsp3) is 0.320. The Balaban J connectivity index is 1.81. The molecule has 2 aromatic carbocycles. The average molecular weight is 483 g/mol. The summed E-state index contributed by atoms with van der Waals surface area (Å²) < 4.78 is 16.4. The molecule has 34 heavy (non-hydrogen) atoms. The summed E-state index contributed by atoms with van der Waals surface area (Å²) in [5.41, 5.74) is 3.01. The lowest BCUT2D eigenvalue weighted by Crippen LogP contribution is -2.47. The Morgan fingerprint density at radius 3 is 2.59 bits per heavy atom. The number of carbonyl (C=O) groups is 1. The third-order valence-electron chi connectivity index (χ3n) is 5.62. The van der Waals surface area contributed by atoms with Crippen molar-refractivity contribution < 1.29 is 18.8 Å². The predicted molar refractivity (Wildman–Crippen MR) is 130 cm³/mol. The van der Waals surface area contributed by atoms with Crippen molar-refractivity contribution >= 4 is 23.2 Å². The fourth-order valence-electron chi connectivity index (χ4n) is 4.00. The zero-order valence-electron chi connectivity index (χ0n) is 19.8. The van der Waals surface area contributed by atoms with Gasteiger partial charge in [0.15, 0.2) is 11.5 Å². The second-order valence-corrected chi connectivity index (χ2v) is 8.87. The molecule has 1 unspecified atom stereocenters. The number of hydrogen-bond donors (Lipinski definition) is 1. The third-order valence-corrected chi connectivity index (χ3v) is 5.86. The van der Waals surface area contributed by atoms with Crippen LogP contribution in [-0.4, -0.2) is 41.8 Å². The lowest BCUT2D eigenvalue weighted by Gasteiger charge is -2.36. The normalized spacial score (nSPS) is 16.1. The molecule has 0 bridgehead atoms. The van der Waals surface area contributed by atoms with E-state index in [1.807, 2.05) is 31.2 Å². The summed E-state index contributed by atoms with van der Waals surface area (Å²) in [7, 11) is 3.15. The van der Waals surface area contributed by atoms with E-state index in [1.54, 1.807) is 37.3 Å². The van der Waals surface area contributed by atoms with Crippen molar-refractivity contribution in [3.05, 3.63) is 64.6 Å². The number of ether oxygens (including phenoxy) is 2. The molecular formula is C25H27ClN4O4. The number of rotatable bonds is 7. The number of benzene rings is 2. The van der Waals surface area contributed by atoms with Crippen LogP contribution in [0.15, 0.2) is 52.7 Å². The summed E-state index contributed by atoms with van der Waals surface area (Å²) in [6.07, 6.45) is 0. The monoisotopic (exact) mass is 482 g/mol. The maximum Gasteiger partial charge on any atom is 0.322 e. The minimum atomic E-state index is -0.492. The SMILES string of the molecule is COc1ccc(-c2noc(C3=C(C)N(CC(C)C)C(=O)NC3c3cccc(Cl)c3)n2)cc1OC. The Bertz CT molecular complexity index is 1240. The number of nitrogens with zero attached hydrogens (tertiary/aromatic N) is 3. The first-order chi connectivity index (χ1) is 16.3. The molecule has 3 aromatic rings. The molecule has 4 rings (SSSR count). The van der Waals surface area contributed by atoms with Crippen molar-refractivity contribution in [3.8, 4) is 22.9 Å². The van der Waals surface area contributed by atoms with Crippen LogP contribution in [0.25, 0.3) is 17.0 Å². The maximum atomic E-state index is 13.0. The number of allylic oxidation sites excluding steroid dienone is 1. The van der Waals surface area contributed by atoms with Crippen molar-refractivity contribution in [2.45, 2.75) is 26.8 Å². The highest BCUT2D eigenvalue weighted by molar-refractivity contribution is 6.30. The number of urea groups is 1. The summed E-state index contributed by atoms with van der Waals surface area (Å²) in [5.74, 6) is 2.16. The van der Waals surface area contributed by atoms with Gasteiger partial charge in [-0.2, -0.15) is 4.98 Å². The average Bonchev–Trinajstić information content (AvgIpc) is 3.30. The number of nitrogens with one attached hydrogen (secondary N) is 1. The first kappa shape index (κ1) is 23.6. The maximum absolute atomic E-state index is 13.0. The van der Waals surface area contributed by atoms with Crippen molar-refractivity contribution in [1.82, 2.24) is 20.4 Å². The van der Waals surface area contributed by atoms with E-state index in [1.165, 1.54) is 0 Å². The van der Waals surface area contributed by atoms with E-state index in [9.17, 15) is 4.79 Å². The van der Waals surface area contributed by atoms with Crippen LogP contribution in [0.5, 0.6) is 11.5 Å². The van der Waals surface area contributed by atoms with Crippen LogP contribution >= 0.6 is 11.6 Å². The largest absolute Gasteiger partial charge is 0.493 e. The molecule has 0 aliphatic carbocycles. The fourth-order valence-corrected chi connectivity index (χ4v) is 4.20. The van der Waals surface area contributed by atoms with Gasteiger partial charge >= 0.3 is 6.03 Å². The third kappa shape index (κ3) is 4.59. The number of aromatic nitrogens is 2. The van der Waals surface area contributed by atoms with Crippen LogP contribution in [0.2, 0.25) is 5.02 Å². The molecular weight excluding hydrogens is 456 g/mol. The molecule has 1 aromatic heterocycles. The first-order valence-corrected chi connectivity index (χ1v) is 11.3. The highest BCUT2D eigenvalue weighted by Crippen LogP contribution is 2.39. The van der Waals surface area contributed by atoms with Crippen LogP contribution in [0.3, 0.4) is 0 Å². The molecule has 8 nitrogen and oxygen atoms in total. The Morgan fingerprint density at radius 1 is 1.15 bits per heavy atom. The topological polar surface area (TPSA) is 89.7 Å². The van der Waals surface area contributed by atoms with Crippen LogP contribution in [-0.2, 0) is 0 Å². The molecule has 0 spiro atoms. The van der Waals surface area contributed by atoms with Gasteiger partial charge in [0.2, 0.25) is 5.82 Å². The zero-order valence-corrected chi connectivity index (χ0v) is 20.5. The van der Waals surface area contributed by atoms with Crippen molar-refractivity contribution in [2.75, 3.05) is 20.8 Å². The van der Waals surface area contributed by atoms with Gasteiger partial charge in [-0.3, -0.25) is 4.90 Å². The Morgan fingerprint density at radius 2 is 1.91 bits per heavy atom. The summed E-state index contributed by atoms with van der Waals surface area (Å²) in [6, 6.07) is 12.1. The van der Waals surface area contributed by atoms with Crippen LogP contribution in [0, 0.1) is 5.92 Å². The van der Waals surface area contributed by atoms with Crippen LogP contribution in [0.1, 0.15) is 38.3 Å². The minimum absolute atomic E-state index is 0.181. The molecule has 0 saturated carbocycles. The van der Waals surface area contributed by atoms with E-state index in [0.29, 0.717) is 40.3 Å². The number of hydrogen-bond acceptors (Lipinski definition) is 6. The molecule has 0 radical (unpaired) electrons. The van der Waals surface area contributed by atoms with Crippen molar-refractivity contribution in [3.63, 3.8) is 0 Å². The second-order valence-electron chi connectivity index (χ2n) is 8.43.